The Morgan fingerprint density at radius 3 is 2.80 bits per heavy atom. The predicted molar refractivity (Wildman–Crippen MR) is 37.2 cm³/mol. The van der Waals surface area contributed by atoms with Gasteiger partial charge in [0.05, 0.1) is 0 Å². The lowest BCUT2D eigenvalue weighted by Crippen LogP contribution is -2.26. The number of amides is 1. The van der Waals surface area contributed by atoms with Crippen LogP contribution in [0.4, 0.5) is 0 Å². The highest BCUT2D eigenvalue weighted by molar-refractivity contribution is 5.81. The Morgan fingerprint density at radius 1 is 1.80 bits per heavy atom. The summed E-state index contributed by atoms with van der Waals surface area (Å²) in [6, 6.07) is 0. The molecular weight excluding hydrogens is 128 g/mol. The van der Waals surface area contributed by atoms with Crippen molar-refractivity contribution in [1.82, 2.24) is 5.32 Å². The zero-order chi connectivity index (χ0) is 7.35. The molecule has 3 atom stereocenters. The second-order valence-electron chi connectivity index (χ2n) is 3.62. The fraction of sp³-hybridized carbons (Fsp3) is 0.857. The molecule has 1 amide bonds. The predicted octanol–water partition coefficient (Wildman–Crippen LogP) is -0.673. The molecule has 2 rings (SSSR count). The van der Waals surface area contributed by atoms with Gasteiger partial charge in [-0.25, -0.2) is 0 Å². The molecule has 2 aliphatic rings. The first-order valence-electron chi connectivity index (χ1n) is 3.66. The summed E-state index contributed by atoms with van der Waals surface area (Å²) >= 11 is 0. The molecule has 1 saturated heterocycles. The Kier molecular flexibility index (Phi) is 0.944. The van der Waals surface area contributed by atoms with Crippen LogP contribution in [0.15, 0.2) is 0 Å². The number of nitrogens with two attached hydrogens (primary N) is 1. The first-order valence-corrected chi connectivity index (χ1v) is 3.66. The summed E-state index contributed by atoms with van der Waals surface area (Å²) < 4.78 is 0. The van der Waals surface area contributed by atoms with Crippen molar-refractivity contribution in [1.29, 1.82) is 0 Å². The van der Waals surface area contributed by atoms with Crippen molar-refractivity contribution in [2.75, 3.05) is 13.1 Å². The number of nitrogens with one attached hydrogen (secondary N) is 1. The molecule has 2 fully saturated rings. The van der Waals surface area contributed by atoms with Gasteiger partial charge in [-0.3, -0.25) is 4.79 Å². The highest BCUT2D eigenvalue weighted by atomic mass is 16.1. The summed E-state index contributed by atoms with van der Waals surface area (Å²) in [4.78, 5) is 10.8. The van der Waals surface area contributed by atoms with E-state index in [2.05, 4.69) is 12.2 Å². The molecule has 0 radical (unpaired) electrons. The van der Waals surface area contributed by atoms with Crippen LogP contribution in [-0.4, -0.2) is 19.0 Å². The van der Waals surface area contributed by atoms with E-state index in [4.69, 9.17) is 5.73 Å². The van der Waals surface area contributed by atoms with E-state index in [-0.39, 0.29) is 17.2 Å². The van der Waals surface area contributed by atoms with Crippen molar-refractivity contribution in [2.45, 2.75) is 6.92 Å². The van der Waals surface area contributed by atoms with Crippen LogP contribution in [0.5, 0.6) is 0 Å². The molecule has 3 nitrogen and oxygen atoms in total. The van der Waals surface area contributed by atoms with Crippen molar-refractivity contribution in [2.24, 2.45) is 23.0 Å². The number of primary amides is 1. The minimum absolute atomic E-state index is 0.117. The molecular formula is C7H12N2O. The highest BCUT2D eigenvalue weighted by Crippen LogP contribution is 2.60. The van der Waals surface area contributed by atoms with E-state index in [9.17, 15) is 4.79 Å². The van der Waals surface area contributed by atoms with Gasteiger partial charge in [-0.15, -0.1) is 0 Å². The van der Waals surface area contributed by atoms with Crippen molar-refractivity contribution in [3.63, 3.8) is 0 Å². The van der Waals surface area contributed by atoms with Crippen LogP contribution in [-0.2, 0) is 4.79 Å². The zero-order valence-corrected chi connectivity index (χ0v) is 6.05. The third-order valence-corrected chi connectivity index (χ3v) is 3.03. The summed E-state index contributed by atoms with van der Waals surface area (Å²) in [5.41, 5.74) is 5.42. The summed E-state index contributed by atoms with van der Waals surface area (Å²) in [5.74, 6) is 0.577. The van der Waals surface area contributed by atoms with E-state index < -0.39 is 0 Å². The minimum Gasteiger partial charge on any atom is -0.369 e. The molecule has 0 aromatic rings. The van der Waals surface area contributed by atoms with Crippen LogP contribution < -0.4 is 11.1 Å². The zero-order valence-electron chi connectivity index (χ0n) is 6.05. The summed E-state index contributed by atoms with van der Waals surface area (Å²) in [6.07, 6.45) is 0. The van der Waals surface area contributed by atoms with Crippen molar-refractivity contribution in [3.8, 4) is 0 Å². The van der Waals surface area contributed by atoms with Crippen LogP contribution in [0.1, 0.15) is 6.92 Å². The van der Waals surface area contributed by atoms with E-state index in [1.54, 1.807) is 0 Å². The lowest BCUT2D eigenvalue weighted by Gasteiger charge is -2.04. The molecule has 0 bridgehead atoms. The maximum atomic E-state index is 10.8. The molecule has 0 aromatic carbocycles. The second kappa shape index (κ2) is 1.53. The molecule has 10 heavy (non-hydrogen) atoms. The van der Waals surface area contributed by atoms with E-state index in [0.717, 1.165) is 13.1 Å². The number of fused-ring (bicyclic) bond motifs is 1. The van der Waals surface area contributed by atoms with Gasteiger partial charge in [0.2, 0.25) is 5.91 Å². The van der Waals surface area contributed by atoms with Gasteiger partial charge in [0.15, 0.2) is 0 Å². The Bertz CT molecular complexity index is 192. The molecule has 3 unspecified atom stereocenters. The molecule has 0 spiro atoms. The van der Waals surface area contributed by atoms with E-state index in [0.29, 0.717) is 5.92 Å². The molecule has 1 aliphatic heterocycles. The van der Waals surface area contributed by atoms with Gasteiger partial charge in [0.25, 0.3) is 0 Å². The van der Waals surface area contributed by atoms with Gasteiger partial charge in [0.1, 0.15) is 0 Å². The third-order valence-electron chi connectivity index (χ3n) is 3.03. The number of hydrogen-bond donors (Lipinski definition) is 2. The number of hydrogen-bond acceptors (Lipinski definition) is 2. The topological polar surface area (TPSA) is 55.1 Å². The van der Waals surface area contributed by atoms with Crippen molar-refractivity contribution in [3.05, 3.63) is 0 Å². The maximum absolute atomic E-state index is 10.8. The Balaban J connectivity index is 2.15. The first kappa shape index (κ1) is 6.16. The first-order chi connectivity index (χ1) is 4.66. The average Bonchev–Trinajstić information content (AvgIpc) is 2.22. The van der Waals surface area contributed by atoms with Gasteiger partial charge in [0, 0.05) is 12.5 Å². The lowest BCUT2D eigenvalue weighted by atomic mass is 10.1. The largest absolute Gasteiger partial charge is 0.369 e. The fourth-order valence-corrected chi connectivity index (χ4v) is 2.27. The van der Waals surface area contributed by atoms with E-state index >= 15 is 0 Å². The summed E-state index contributed by atoms with van der Waals surface area (Å²) in [6.45, 7) is 4.07. The maximum Gasteiger partial charge on any atom is 0.221 e. The number of carbonyl (C=O) groups excluding carboxylic acids is 1. The third kappa shape index (κ3) is 0.515. The van der Waals surface area contributed by atoms with Gasteiger partial charge in [-0.2, -0.15) is 0 Å². The second-order valence-corrected chi connectivity index (χ2v) is 3.62. The van der Waals surface area contributed by atoms with Gasteiger partial charge < -0.3 is 11.1 Å². The van der Waals surface area contributed by atoms with Gasteiger partial charge in [-0.1, -0.05) is 6.92 Å². The highest BCUT2D eigenvalue weighted by Gasteiger charge is 2.66. The molecule has 3 N–H and O–H groups in total. The van der Waals surface area contributed by atoms with Crippen LogP contribution in [0, 0.1) is 17.3 Å². The Hall–Kier alpha value is -0.570. The molecule has 0 aromatic heterocycles. The van der Waals surface area contributed by atoms with Crippen molar-refractivity contribution >= 4 is 5.91 Å². The smallest absolute Gasteiger partial charge is 0.221 e. The van der Waals surface area contributed by atoms with Crippen LogP contribution >= 0.6 is 0 Å². The average molecular weight is 140 g/mol. The summed E-state index contributed by atoms with van der Waals surface area (Å²) in [5, 5.41) is 3.24. The molecule has 3 heteroatoms. The molecule has 1 heterocycles. The van der Waals surface area contributed by atoms with Gasteiger partial charge in [-0.05, 0) is 17.9 Å². The van der Waals surface area contributed by atoms with Crippen LogP contribution in [0.3, 0.4) is 0 Å². The Labute approximate surface area is 60.0 Å². The number of rotatable bonds is 1. The molecule has 1 saturated carbocycles. The number of carbonyl (C=O) groups is 1. The van der Waals surface area contributed by atoms with Crippen LogP contribution in [0.2, 0.25) is 0 Å². The lowest BCUT2D eigenvalue weighted by molar-refractivity contribution is -0.120. The Morgan fingerprint density at radius 2 is 2.50 bits per heavy atom. The molecule has 56 valence electrons. The van der Waals surface area contributed by atoms with Gasteiger partial charge >= 0.3 is 0 Å². The van der Waals surface area contributed by atoms with Crippen molar-refractivity contribution < 1.29 is 4.79 Å². The number of piperidine rings is 1. The quantitative estimate of drug-likeness (QED) is 0.507. The standard InChI is InChI=1S/C7H12N2O/c1-7-3-9-2-4(7)5(7)6(8)10/h4-5,9H,2-3H2,1H3,(H2,8,10). The summed E-state index contributed by atoms with van der Waals surface area (Å²) in [7, 11) is 0. The van der Waals surface area contributed by atoms with Crippen LogP contribution in [0.25, 0.3) is 0 Å². The van der Waals surface area contributed by atoms with E-state index in [1.165, 1.54) is 0 Å². The SMILES string of the molecule is CC12CNCC1C2C(N)=O. The monoisotopic (exact) mass is 140 g/mol. The normalized spacial score (nSPS) is 50.5. The van der Waals surface area contributed by atoms with E-state index in [1.807, 2.05) is 0 Å². The minimum atomic E-state index is -0.117. The molecule has 1 aliphatic carbocycles. The fourth-order valence-electron chi connectivity index (χ4n) is 2.27.